The minimum atomic E-state index is -4.61. The van der Waals surface area contributed by atoms with Gasteiger partial charge < -0.3 is 10.2 Å². The summed E-state index contributed by atoms with van der Waals surface area (Å²) in [6, 6.07) is 10.4. The molecule has 0 aliphatic heterocycles. The van der Waals surface area contributed by atoms with Crippen molar-refractivity contribution in [3.05, 3.63) is 59.2 Å². The number of halogens is 3. The van der Waals surface area contributed by atoms with Gasteiger partial charge in [0.2, 0.25) is 17.0 Å². The van der Waals surface area contributed by atoms with E-state index in [0.717, 1.165) is 45.6 Å². The zero-order valence-electron chi connectivity index (χ0n) is 18.1. The van der Waals surface area contributed by atoms with Crippen LogP contribution in [0, 0.1) is 13.8 Å². The number of benzene rings is 2. The number of alkyl halides is 3. The second kappa shape index (κ2) is 10.0. The Balaban J connectivity index is 1.59. The number of amides is 2. The quantitative estimate of drug-likeness (QED) is 0.523. The van der Waals surface area contributed by atoms with Crippen LogP contribution < -0.4 is 5.32 Å². The fraction of sp³-hybridized carbons (Fsp3) is 0.286. The lowest BCUT2D eigenvalue weighted by Crippen LogP contribution is -2.36. The van der Waals surface area contributed by atoms with Crippen LogP contribution in [0.15, 0.2) is 47.6 Å². The molecule has 0 aliphatic carbocycles. The maximum absolute atomic E-state index is 13.1. The normalized spacial score (nSPS) is 11.3. The number of hydrogen-bond donors (Lipinski definition) is 1. The molecule has 12 heteroatoms. The van der Waals surface area contributed by atoms with E-state index < -0.39 is 30.1 Å². The van der Waals surface area contributed by atoms with Gasteiger partial charge in [0.15, 0.2) is 0 Å². The summed E-state index contributed by atoms with van der Waals surface area (Å²) >= 11 is 1.09. The predicted octanol–water partition coefficient (Wildman–Crippen LogP) is 3.49. The van der Waals surface area contributed by atoms with Crippen LogP contribution in [-0.2, 0) is 15.8 Å². The van der Waals surface area contributed by atoms with Crippen molar-refractivity contribution in [2.45, 2.75) is 25.2 Å². The van der Waals surface area contributed by atoms with Gasteiger partial charge >= 0.3 is 6.18 Å². The number of nitrogens with zero attached hydrogens (tertiary/aromatic N) is 5. The van der Waals surface area contributed by atoms with E-state index in [2.05, 4.69) is 20.8 Å². The van der Waals surface area contributed by atoms with Gasteiger partial charge in [0, 0.05) is 7.05 Å². The molecule has 0 atom stereocenters. The molecule has 3 rings (SSSR count). The number of rotatable bonds is 7. The lowest BCUT2D eigenvalue weighted by Gasteiger charge is -2.18. The van der Waals surface area contributed by atoms with Crippen molar-refractivity contribution in [3.63, 3.8) is 0 Å². The molecule has 1 aromatic heterocycles. The van der Waals surface area contributed by atoms with Crippen molar-refractivity contribution >= 4 is 29.3 Å². The van der Waals surface area contributed by atoms with Crippen LogP contribution in [0.3, 0.4) is 0 Å². The number of hydrogen-bond acceptors (Lipinski definition) is 6. The maximum Gasteiger partial charge on any atom is 0.418 e. The van der Waals surface area contributed by atoms with Crippen molar-refractivity contribution < 1.29 is 22.8 Å². The highest BCUT2D eigenvalue weighted by Crippen LogP contribution is 2.34. The van der Waals surface area contributed by atoms with Crippen LogP contribution in [0.4, 0.5) is 18.9 Å². The molecule has 2 aromatic carbocycles. The van der Waals surface area contributed by atoms with Gasteiger partial charge in [-0.2, -0.15) is 17.9 Å². The summed E-state index contributed by atoms with van der Waals surface area (Å²) in [7, 11) is 1.39. The molecule has 2 amide bonds. The van der Waals surface area contributed by atoms with Gasteiger partial charge in [0.1, 0.15) is 0 Å². The molecular weight excluding hydrogens is 457 g/mol. The minimum absolute atomic E-state index is 0.0614. The second-order valence-corrected chi connectivity index (χ2v) is 8.21. The van der Waals surface area contributed by atoms with Crippen molar-refractivity contribution in [1.29, 1.82) is 0 Å². The first-order valence-electron chi connectivity index (χ1n) is 9.75. The number of likely N-dealkylation sites (N-methyl/N-ethyl adjacent to an activating group) is 1. The summed E-state index contributed by atoms with van der Waals surface area (Å²) in [5.74, 6) is -1.21. The van der Waals surface area contributed by atoms with Crippen LogP contribution in [0.5, 0.6) is 0 Å². The maximum atomic E-state index is 13.1. The van der Waals surface area contributed by atoms with Crippen molar-refractivity contribution in [2.24, 2.45) is 0 Å². The Morgan fingerprint density at radius 1 is 1.12 bits per heavy atom. The fourth-order valence-corrected chi connectivity index (χ4v) is 3.69. The molecule has 0 bridgehead atoms. The topological polar surface area (TPSA) is 93.0 Å². The first kappa shape index (κ1) is 24.2. The molecule has 0 aliphatic rings. The molecule has 0 unspecified atom stereocenters. The zero-order chi connectivity index (χ0) is 24.2. The lowest BCUT2D eigenvalue weighted by molar-refractivity contribution is -0.137. The summed E-state index contributed by atoms with van der Waals surface area (Å²) in [5, 5.41) is 14.2. The van der Waals surface area contributed by atoms with Crippen LogP contribution in [0.1, 0.15) is 16.7 Å². The smallest absolute Gasteiger partial charge is 0.336 e. The molecule has 174 valence electrons. The first-order valence-corrected chi connectivity index (χ1v) is 10.7. The van der Waals surface area contributed by atoms with Gasteiger partial charge in [-0.3, -0.25) is 9.59 Å². The SMILES string of the molecule is Cc1ccc(-n2nnnc2SCC(=O)N(C)CC(=O)Nc2ccccc2C(F)(F)F)cc1C. The van der Waals surface area contributed by atoms with Crippen molar-refractivity contribution in [1.82, 2.24) is 25.1 Å². The molecular formula is C21H21F3N6O2S. The molecule has 1 N–H and O–H groups in total. The third-order valence-corrected chi connectivity index (χ3v) is 5.72. The molecule has 0 spiro atoms. The molecule has 0 radical (unpaired) electrons. The van der Waals surface area contributed by atoms with Gasteiger partial charge in [-0.25, -0.2) is 0 Å². The summed E-state index contributed by atoms with van der Waals surface area (Å²) < 4.78 is 40.8. The number of para-hydroxylation sites is 1. The molecule has 0 fully saturated rings. The third kappa shape index (κ3) is 6.09. The lowest BCUT2D eigenvalue weighted by atomic mass is 10.1. The summed E-state index contributed by atoms with van der Waals surface area (Å²) in [4.78, 5) is 25.8. The fourth-order valence-electron chi connectivity index (χ4n) is 2.86. The predicted molar refractivity (Wildman–Crippen MR) is 117 cm³/mol. The van der Waals surface area contributed by atoms with Gasteiger partial charge in [-0.05, 0) is 59.7 Å². The second-order valence-electron chi connectivity index (χ2n) is 7.27. The molecule has 1 heterocycles. The highest BCUT2D eigenvalue weighted by Gasteiger charge is 2.33. The van der Waals surface area contributed by atoms with Crippen LogP contribution in [-0.4, -0.2) is 56.3 Å². The van der Waals surface area contributed by atoms with E-state index in [9.17, 15) is 22.8 Å². The zero-order valence-corrected chi connectivity index (χ0v) is 18.9. The number of aromatic nitrogens is 4. The molecule has 8 nitrogen and oxygen atoms in total. The average molecular weight is 479 g/mol. The number of nitrogens with one attached hydrogen (secondary N) is 1. The van der Waals surface area contributed by atoms with E-state index in [0.29, 0.717) is 5.16 Å². The van der Waals surface area contributed by atoms with Crippen LogP contribution in [0.25, 0.3) is 5.69 Å². The highest BCUT2D eigenvalue weighted by atomic mass is 32.2. The van der Waals surface area contributed by atoms with Crippen molar-refractivity contribution in [2.75, 3.05) is 24.7 Å². The third-order valence-electron chi connectivity index (χ3n) is 4.81. The summed E-state index contributed by atoms with van der Waals surface area (Å²) in [5.41, 5.74) is 1.61. The van der Waals surface area contributed by atoms with E-state index >= 15 is 0 Å². The summed E-state index contributed by atoms with van der Waals surface area (Å²) in [6.45, 7) is 3.54. The Bertz CT molecular complexity index is 1160. The number of carbonyl (C=O) groups excluding carboxylic acids is 2. The van der Waals surface area contributed by atoms with Crippen LogP contribution in [0.2, 0.25) is 0 Å². The number of aryl methyl sites for hydroxylation is 2. The molecule has 0 saturated heterocycles. The standard InChI is InChI=1S/C21H21F3N6O2S/c1-13-8-9-15(10-14(13)2)30-20(26-27-28-30)33-12-19(32)29(3)11-18(31)25-17-7-5-4-6-16(17)21(22,23)24/h4-10H,11-12H2,1-3H3,(H,25,31). The average Bonchev–Trinajstić information content (AvgIpc) is 3.22. The Kier molecular flexibility index (Phi) is 7.36. The molecule has 3 aromatic rings. The number of thioether (sulfide) groups is 1. The number of carbonyl (C=O) groups is 2. The largest absolute Gasteiger partial charge is 0.418 e. The number of anilines is 1. The minimum Gasteiger partial charge on any atom is -0.336 e. The highest BCUT2D eigenvalue weighted by molar-refractivity contribution is 7.99. The first-order chi connectivity index (χ1) is 15.6. The van der Waals surface area contributed by atoms with E-state index in [1.807, 2.05) is 32.0 Å². The number of tetrazole rings is 1. The molecule has 0 saturated carbocycles. The van der Waals surface area contributed by atoms with E-state index in [1.54, 1.807) is 0 Å². The summed E-state index contributed by atoms with van der Waals surface area (Å²) in [6.07, 6.45) is -4.61. The van der Waals surface area contributed by atoms with Gasteiger partial charge in [0.05, 0.1) is 29.2 Å². The van der Waals surface area contributed by atoms with E-state index in [4.69, 9.17) is 0 Å². The van der Waals surface area contributed by atoms with Crippen molar-refractivity contribution in [3.8, 4) is 5.69 Å². The van der Waals surface area contributed by atoms with E-state index in [1.165, 1.54) is 23.9 Å². The Labute approximate surface area is 192 Å². The Hall–Kier alpha value is -3.41. The Morgan fingerprint density at radius 3 is 2.55 bits per heavy atom. The van der Waals surface area contributed by atoms with Gasteiger partial charge in [-0.1, -0.05) is 30.0 Å². The molecule has 33 heavy (non-hydrogen) atoms. The van der Waals surface area contributed by atoms with E-state index in [-0.39, 0.29) is 11.4 Å². The van der Waals surface area contributed by atoms with Gasteiger partial charge in [0.25, 0.3) is 0 Å². The van der Waals surface area contributed by atoms with Crippen LogP contribution >= 0.6 is 11.8 Å². The monoisotopic (exact) mass is 478 g/mol. The van der Waals surface area contributed by atoms with Gasteiger partial charge in [-0.15, -0.1) is 5.10 Å². The Morgan fingerprint density at radius 2 is 1.85 bits per heavy atom.